The molecule has 4 N–H and O–H groups in total. The average Bonchev–Trinajstić information content (AvgIpc) is 2.04. The summed E-state index contributed by atoms with van der Waals surface area (Å²) in [6.45, 7) is 0.391. The van der Waals surface area contributed by atoms with Gasteiger partial charge in [0.2, 0.25) is 0 Å². The Morgan fingerprint density at radius 3 is 2.69 bits per heavy atom. The van der Waals surface area contributed by atoms with Crippen molar-refractivity contribution in [3.05, 3.63) is 28.2 Å². The number of phenols is 1. The first-order valence-electron chi connectivity index (χ1n) is 4.02. The topological polar surface area (TPSA) is 66.5 Å². The largest absolute Gasteiger partial charge is 0.508 e. The molecule has 1 atom stereocenters. The van der Waals surface area contributed by atoms with Crippen LogP contribution in [-0.2, 0) is 0 Å². The quantitative estimate of drug-likeness (QED) is 0.757. The fraction of sp³-hybridized carbons (Fsp3) is 0.333. The van der Waals surface area contributed by atoms with E-state index in [1.54, 1.807) is 18.2 Å². The molecule has 0 aliphatic rings. The molecule has 4 heteroatoms. The minimum atomic E-state index is -0.708. The van der Waals surface area contributed by atoms with Gasteiger partial charge >= 0.3 is 0 Å². The van der Waals surface area contributed by atoms with E-state index in [0.717, 1.165) is 0 Å². The maximum atomic E-state index is 9.61. The lowest BCUT2D eigenvalue weighted by Crippen LogP contribution is -2.07. The molecule has 0 radical (unpaired) electrons. The number of benzene rings is 1. The van der Waals surface area contributed by atoms with Crippen LogP contribution in [0.2, 0.25) is 0 Å². The highest BCUT2D eigenvalue weighted by molar-refractivity contribution is 9.10. The minimum absolute atomic E-state index is 0.0929. The molecule has 1 aromatic carbocycles. The van der Waals surface area contributed by atoms with Gasteiger partial charge in [0.25, 0.3) is 0 Å². The summed E-state index contributed by atoms with van der Waals surface area (Å²) >= 11 is 3.26. The monoisotopic (exact) mass is 245 g/mol. The van der Waals surface area contributed by atoms with Crippen LogP contribution in [0.3, 0.4) is 0 Å². The van der Waals surface area contributed by atoms with Crippen LogP contribution in [-0.4, -0.2) is 16.8 Å². The number of nitrogens with two attached hydrogens (primary N) is 1. The Labute approximate surface area is 85.3 Å². The summed E-state index contributed by atoms with van der Waals surface area (Å²) in [5.41, 5.74) is 5.82. The fourth-order valence-electron chi connectivity index (χ4n) is 1.16. The van der Waals surface area contributed by atoms with Gasteiger partial charge in [0.1, 0.15) is 5.75 Å². The Morgan fingerprint density at radius 2 is 2.15 bits per heavy atom. The second-order valence-electron chi connectivity index (χ2n) is 2.77. The van der Waals surface area contributed by atoms with Crippen molar-refractivity contribution < 1.29 is 10.2 Å². The molecule has 0 unspecified atom stereocenters. The van der Waals surface area contributed by atoms with Crippen LogP contribution in [0, 0.1) is 0 Å². The van der Waals surface area contributed by atoms with Crippen molar-refractivity contribution in [2.45, 2.75) is 12.5 Å². The van der Waals surface area contributed by atoms with E-state index in [-0.39, 0.29) is 5.75 Å². The molecule has 0 spiro atoms. The average molecular weight is 246 g/mol. The highest BCUT2D eigenvalue weighted by Gasteiger charge is 2.14. The van der Waals surface area contributed by atoms with E-state index >= 15 is 0 Å². The van der Waals surface area contributed by atoms with Crippen LogP contribution in [0.5, 0.6) is 5.75 Å². The number of hydrogen-bond acceptors (Lipinski definition) is 3. The van der Waals surface area contributed by atoms with Gasteiger partial charge in [0.15, 0.2) is 0 Å². The highest BCUT2D eigenvalue weighted by Crippen LogP contribution is 2.32. The van der Waals surface area contributed by atoms with Crippen molar-refractivity contribution in [2.75, 3.05) is 6.54 Å². The van der Waals surface area contributed by atoms with Gasteiger partial charge in [-0.1, -0.05) is 22.0 Å². The summed E-state index contributed by atoms with van der Waals surface area (Å²) in [7, 11) is 0. The molecule has 1 rings (SSSR count). The lowest BCUT2D eigenvalue weighted by Gasteiger charge is -2.12. The molecule has 1 aromatic rings. The summed E-state index contributed by atoms with van der Waals surface area (Å²) in [6.07, 6.45) is -0.267. The molecule has 0 aliphatic carbocycles. The Kier molecular flexibility index (Phi) is 3.71. The predicted molar refractivity (Wildman–Crippen MR) is 54.4 cm³/mol. The Bertz CT molecular complexity index is 271. The van der Waals surface area contributed by atoms with Crippen LogP contribution in [0.15, 0.2) is 22.7 Å². The zero-order chi connectivity index (χ0) is 9.84. The third kappa shape index (κ3) is 2.43. The molecule has 0 amide bonds. The van der Waals surface area contributed by atoms with E-state index in [4.69, 9.17) is 5.73 Å². The van der Waals surface area contributed by atoms with E-state index in [0.29, 0.717) is 23.0 Å². The number of hydrogen-bond donors (Lipinski definition) is 3. The molecule has 0 heterocycles. The number of rotatable bonds is 3. The molecular formula is C9H12BrNO2. The van der Waals surface area contributed by atoms with Crippen LogP contribution in [0.4, 0.5) is 0 Å². The SMILES string of the molecule is NCC[C@@H](O)c1c(O)cccc1Br. The smallest absolute Gasteiger partial charge is 0.122 e. The molecular weight excluding hydrogens is 234 g/mol. The standard InChI is InChI=1S/C9H12BrNO2/c10-6-2-1-3-7(12)9(6)8(13)4-5-11/h1-3,8,12-13H,4-5,11H2/t8-/m1/s1. The van der Waals surface area contributed by atoms with Crippen molar-refractivity contribution in [1.82, 2.24) is 0 Å². The first kappa shape index (κ1) is 10.5. The predicted octanol–water partition coefficient (Wildman–Crippen LogP) is 1.54. The van der Waals surface area contributed by atoms with E-state index in [9.17, 15) is 10.2 Å². The van der Waals surface area contributed by atoms with E-state index in [1.165, 1.54) is 0 Å². The van der Waals surface area contributed by atoms with Gasteiger partial charge in [-0.3, -0.25) is 0 Å². The highest BCUT2D eigenvalue weighted by atomic mass is 79.9. The van der Waals surface area contributed by atoms with E-state index in [1.807, 2.05) is 0 Å². The van der Waals surface area contributed by atoms with Crippen molar-refractivity contribution >= 4 is 15.9 Å². The van der Waals surface area contributed by atoms with Crippen molar-refractivity contribution in [1.29, 1.82) is 0 Å². The molecule has 13 heavy (non-hydrogen) atoms. The van der Waals surface area contributed by atoms with E-state index < -0.39 is 6.10 Å². The molecule has 3 nitrogen and oxygen atoms in total. The number of halogens is 1. The summed E-state index contributed by atoms with van der Waals surface area (Å²) in [5, 5.41) is 19.1. The van der Waals surface area contributed by atoms with Crippen LogP contribution >= 0.6 is 15.9 Å². The zero-order valence-electron chi connectivity index (χ0n) is 7.07. The Morgan fingerprint density at radius 1 is 1.46 bits per heavy atom. The van der Waals surface area contributed by atoms with Gasteiger partial charge in [-0.05, 0) is 25.1 Å². The summed E-state index contributed by atoms with van der Waals surface area (Å²) in [6, 6.07) is 5.02. The molecule has 0 aliphatic heterocycles. The normalized spacial score (nSPS) is 12.8. The molecule has 0 fully saturated rings. The molecule has 0 aromatic heterocycles. The number of aromatic hydroxyl groups is 1. The molecule has 0 bridgehead atoms. The van der Waals surface area contributed by atoms with Crippen LogP contribution in [0.25, 0.3) is 0 Å². The van der Waals surface area contributed by atoms with Gasteiger partial charge in [0, 0.05) is 10.0 Å². The first-order valence-corrected chi connectivity index (χ1v) is 4.81. The first-order chi connectivity index (χ1) is 6.16. The van der Waals surface area contributed by atoms with Gasteiger partial charge in [-0.2, -0.15) is 0 Å². The van der Waals surface area contributed by atoms with Crippen LogP contribution < -0.4 is 5.73 Å². The molecule has 72 valence electrons. The second kappa shape index (κ2) is 4.60. The number of phenolic OH excluding ortho intramolecular Hbond substituents is 1. The van der Waals surface area contributed by atoms with Crippen molar-refractivity contribution in [3.8, 4) is 5.75 Å². The Balaban J connectivity index is 2.98. The minimum Gasteiger partial charge on any atom is -0.508 e. The van der Waals surface area contributed by atoms with E-state index in [2.05, 4.69) is 15.9 Å². The van der Waals surface area contributed by atoms with Gasteiger partial charge in [-0.25, -0.2) is 0 Å². The lowest BCUT2D eigenvalue weighted by molar-refractivity contribution is 0.166. The Hall–Kier alpha value is -0.580. The summed E-state index contributed by atoms with van der Waals surface area (Å²) in [4.78, 5) is 0. The summed E-state index contributed by atoms with van der Waals surface area (Å²) in [5.74, 6) is 0.0929. The van der Waals surface area contributed by atoms with Crippen molar-refractivity contribution in [3.63, 3.8) is 0 Å². The van der Waals surface area contributed by atoms with Gasteiger partial charge in [-0.15, -0.1) is 0 Å². The molecule has 0 saturated carbocycles. The number of aliphatic hydroxyl groups is 1. The summed E-state index contributed by atoms with van der Waals surface area (Å²) < 4.78 is 0.702. The fourth-order valence-corrected chi connectivity index (χ4v) is 1.78. The maximum absolute atomic E-state index is 9.61. The van der Waals surface area contributed by atoms with Crippen LogP contribution in [0.1, 0.15) is 18.1 Å². The lowest BCUT2D eigenvalue weighted by atomic mass is 10.1. The van der Waals surface area contributed by atoms with Gasteiger partial charge in [0.05, 0.1) is 6.10 Å². The van der Waals surface area contributed by atoms with Gasteiger partial charge < -0.3 is 15.9 Å². The number of aliphatic hydroxyl groups excluding tert-OH is 1. The third-order valence-electron chi connectivity index (χ3n) is 1.80. The maximum Gasteiger partial charge on any atom is 0.122 e. The zero-order valence-corrected chi connectivity index (χ0v) is 8.66. The third-order valence-corrected chi connectivity index (χ3v) is 2.49. The second-order valence-corrected chi connectivity index (χ2v) is 3.62. The molecule has 0 saturated heterocycles. The van der Waals surface area contributed by atoms with Crippen molar-refractivity contribution in [2.24, 2.45) is 5.73 Å².